The molecule has 1 aliphatic carbocycles. The number of hydrogen-bond acceptors (Lipinski definition) is 1. The van der Waals surface area contributed by atoms with Crippen molar-refractivity contribution in [2.75, 3.05) is 5.32 Å². The summed E-state index contributed by atoms with van der Waals surface area (Å²) in [6.45, 7) is 2.03. The van der Waals surface area contributed by atoms with Crippen LogP contribution in [0.25, 0.3) is 0 Å². The van der Waals surface area contributed by atoms with Crippen molar-refractivity contribution in [2.24, 2.45) is 0 Å². The number of carbonyl (C=O) groups excluding carboxylic acids is 1. The summed E-state index contributed by atoms with van der Waals surface area (Å²) in [5, 5.41) is 5.92. The number of rotatable bonds is 2. The van der Waals surface area contributed by atoms with Crippen molar-refractivity contribution in [3.8, 4) is 0 Å². The fourth-order valence-corrected chi connectivity index (χ4v) is 2.67. The van der Waals surface area contributed by atoms with Crippen LogP contribution in [0.15, 0.2) is 48.5 Å². The predicted octanol–water partition coefficient (Wildman–Crippen LogP) is 3.80. The summed E-state index contributed by atoms with van der Waals surface area (Å²) in [6.07, 6.45) is 2.01. The first-order valence-electron chi connectivity index (χ1n) is 6.94. The molecule has 2 aromatic rings. The zero-order chi connectivity index (χ0) is 13.9. The molecular formula is C17H18N2O. The molecular weight excluding hydrogens is 248 g/mol. The number of nitrogens with one attached hydrogen (secondary N) is 2. The summed E-state index contributed by atoms with van der Waals surface area (Å²) in [5.41, 5.74) is 4.58. The van der Waals surface area contributed by atoms with Crippen molar-refractivity contribution in [1.29, 1.82) is 0 Å². The van der Waals surface area contributed by atoms with Gasteiger partial charge < -0.3 is 10.6 Å². The summed E-state index contributed by atoms with van der Waals surface area (Å²) in [4.78, 5) is 12.0. The van der Waals surface area contributed by atoms with Gasteiger partial charge in [0.15, 0.2) is 0 Å². The van der Waals surface area contributed by atoms with Gasteiger partial charge in [-0.15, -0.1) is 0 Å². The van der Waals surface area contributed by atoms with E-state index in [9.17, 15) is 4.79 Å². The van der Waals surface area contributed by atoms with Crippen LogP contribution in [0.4, 0.5) is 10.5 Å². The first-order valence-corrected chi connectivity index (χ1v) is 6.94. The number of urea groups is 1. The molecule has 20 heavy (non-hydrogen) atoms. The summed E-state index contributed by atoms with van der Waals surface area (Å²) >= 11 is 0. The molecule has 0 aromatic heterocycles. The van der Waals surface area contributed by atoms with Crippen molar-refractivity contribution < 1.29 is 4.79 Å². The number of carbonyl (C=O) groups is 1. The number of anilines is 1. The molecule has 3 heteroatoms. The maximum atomic E-state index is 12.0. The smallest absolute Gasteiger partial charge is 0.319 e. The Hall–Kier alpha value is -2.29. The minimum Gasteiger partial charge on any atom is -0.331 e. The Labute approximate surface area is 119 Å². The minimum atomic E-state index is -0.143. The number of aryl methyl sites for hydroxylation is 2. The summed E-state index contributed by atoms with van der Waals surface area (Å²) in [6, 6.07) is 16.1. The van der Waals surface area contributed by atoms with Gasteiger partial charge in [-0.2, -0.15) is 0 Å². The SMILES string of the molecule is Cc1ccc(NC(=O)NC2CCc3ccccc32)cc1. The van der Waals surface area contributed by atoms with Crippen LogP contribution < -0.4 is 10.6 Å². The maximum absolute atomic E-state index is 12.0. The van der Waals surface area contributed by atoms with Crippen LogP contribution in [0, 0.1) is 6.92 Å². The molecule has 0 bridgehead atoms. The van der Waals surface area contributed by atoms with Crippen LogP contribution >= 0.6 is 0 Å². The van der Waals surface area contributed by atoms with Gasteiger partial charge in [0.1, 0.15) is 0 Å². The number of fused-ring (bicyclic) bond motifs is 1. The molecule has 102 valence electrons. The van der Waals surface area contributed by atoms with Crippen LogP contribution in [0.5, 0.6) is 0 Å². The zero-order valence-corrected chi connectivity index (χ0v) is 11.5. The molecule has 0 radical (unpaired) electrons. The second-order valence-corrected chi connectivity index (χ2v) is 5.25. The Balaban J connectivity index is 1.64. The second-order valence-electron chi connectivity index (χ2n) is 5.25. The van der Waals surface area contributed by atoms with Crippen LogP contribution in [0.2, 0.25) is 0 Å². The molecule has 0 fully saturated rings. The van der Waals surface area contributed by atoms with Crippen LogP contribution in [0.1, 0.15) is 29.2 Å². The van der Waals surface area contributed by atoms with E-state index in [0.717, 1.165) is 18.5 Å². The molecule has 0 saturated carbocycles. The van der Waals surface area contributed by atoms with E-state index in [1.165, 1.54) is 16.7 Å². The maximum Gasteiger partial charge on any atom is 0.319 e. The fourth-order valence-electron chi connectivity index (χ4n) is 2.67. The van der Waals surface area contributed by atoms with E-state index < -0.39 is 0 Å². The van der Waals surface area contributed by atoms with Gasteiger partial charge in [0.2, 0.25) is 0 Å². The molecule has 0 heterocycles. The predicted molar refractivity (Wildman–Crippen MR) is 80.8 cm³/mol. The highest BCUT2D eigenvalue weighted by molar-refractivity contribution is 5.89. The average molecular weight is 266 g/mol. The third-order valence-electron chi connectivity index (χ3n) is 3.75. The Kier molecular flexibility index (Phi) is 3.42. The molecule has 2 N–H and O–H groups in total. The Morgan fingerprint density at radius 1 is 1.10 bits per heavy atom. The van der Waals surface area contributed by atoms with E-state index in [-0.39, 0.29) is 12.1 Å². The third kappa shape index (κ3) is 2.67. The molecule has 1 atom stereocenters. The average Bonchev–Trinajstić information content (AvgIpc) is 2.85. The van der Waals surface area contributed by atoms with E-state index in [0.29, 0.717) is 0 Å². The lowest BCUT2D eigenvalue weighted by Crippen LogP contribution is -2.31. The number of amides is 2. The lowest BCUT2D eigenvalue weighted by atomic mass is 10.1. The highest BCUT2D eigenvalue weighted by Crippen LogP contribution is 2.30. The normalized spacial score (nSPS) is 16.6. The second kappa shape index (κ2) is 5.37. The van der Waals surface area contributed by atoms with E-state index in [4.69, 9.17) is 0 Å². The van der Waals surface area contributed by atoms with Gasteiger partial charge in [-0.25, -0.2) is 4.79 Å². The number of benzene rings is 2. The third-order valence-corrected chi connectivity index (χ3v) is 3.75. The van der Waals surface area contributed by atoms with Gasteiger partial charge in [0.05, 0.1) is 6.04 Å². The van der Waals surface area contributed by atoms with Gasteiger partial charge in [0, 0.05) is 5.69 Å². The molecule has 1 unspecified atom stereocenters. The Bertz CT molecular complexity index is 619. The number of hydrogen-bond donors (Lipinski definition) is 2. The highest BCUT2D eigenvalue weighted by Gasteiger charge is 2.23. The van der Waals surface area contributed by atoms with Crippen LogP contribution in [-0.2, 0) is 6.42 Å². The molecule has 0 spiro atoms. The van der Waals surface area contributed by atoms with Crippen molar-refractivity contribution in [3.63, 3.8) is 0 Å². The van der Waals surface area contributed by atoms with Crippen molar-refractivity contribution >= 4 is 11.7 Å². The van der Waals surface area contributed by atoms with Gasteiger partial charge in [0.25, 0.3) is 0 Å². The molecule has 2 amide bonds. The van der Waals surface area contributed by atoms with E-state index in [1.807, 2.05) is 43.3 Å². The first-order chi connectivity index (χ1) is 9.72. The summed E-state index contributed by atoms with van der Waals surface area (Å²) < 4.78 is 0. The zero-order valence-electron chi connectivity index (χ0n) is 11.5. The molecule has 3 nitrogen and oxygen atoms in total. The highest BCUT2D eigenvalue weighted by atomic mass is 16.2. The van der Waals surface area contributed by atoms with Gasteiger partial charge in [-0.3, -0.25) is 0 Å². The van der Waals surface area contributed by atoms with Gasteiger partial charge in [-0.05, 0) is 43.0 Å². The van der Waals surface area contributed by atoms with E-state index >= 15 is 0 Å². The lowest BCUT2D eigenvalue weighted by molar-refractivity contribution is 0.248. The molecule has 3 rings (SSSR count). The summed E-state index contributed by atoms with van der Waals surface area (Å²) in [7, 11) is 0. The monoisotopic (exact) mass is 266 g/mol. The lowest BCUT2D eigenvalue weighted by Gasteiger charge is -2.15. The largest absolute Gasteiger partial charge is 0.331 e. The Morgan fingerprint density at radius 2 is 1.85 bits per heavy atom. The molecule has 2 aromatic carbocycles. The van der Waals surface area contributed by atoms with Crippen LogP contribution in [0.3, 0.4) is 0 Å². The topological polar surface area (TPSA) is 41.1 Å². The Morgan fingerprint density at radius 3 is 2.65 bits per heavy atom. The van der Waals surface area contributed by atoms with Crippen molar-refractivity contribution in [1.82, 2.24) is 5.32 Å². The van der Waals surface area contributed by atoms with Gasteiger partial charge in [-0.1, -0.05) is 42.0 Å². The molecule has 1 aliphatic rings. The summed E-state index contributed by atoms with van der Waals surface area (Å²) in [5.74, 6) is 0. The first kappa shape index (κ1) is 12.7. The van der Waals surface area contributed by atoms with Crippen molar-refractivity contribution in [3.05, 3.63) is 65.2 Å². The fraction of sp³-hybridized carbons (Fsp3) is 0.235. The molecule has 0 aliphatic heterocycles. The van der Waals surface area contributed by atoms with Crippen molar-refractivity contribution in [2.45, 2.75) is 25.8 Å². The van der Waals surface area contributed by atoms with E-state index in [1.54, 1.807) is 0 Å². The minimum absolute atomic E-state index is 0.122. The molecule has 0 saturated heterocycles. The van der Waals surface area contributed by atoms with Gasteiger partial charge >= 0.3 is 6.03 Å². The quantitative estimate of drug-likeness (QED) is 0.852. The van der Waals surface area contributed by atoms with Crippen LogP contribution in [-0.4, -0.2) is 6.03 Å². The van der Waals surface area contributed by atoms with E-state index in [2.05, 4.69) is 22.8 Å². The standard InChI is InChI=1S/C17H18N2O/c1-12-6-9-14(10-7-12)18-17(20)19-16-11-8-13-4-2-3-5-15(13)16/h2-7,9-10,16H,8,11H2,1H3,(H2,18,19,20).